The van der Waals surface area contributed by atoms with E-state index in [2.05, 4.69) is 10.7 Å². The molecule has 0 aromatic heterocycles. The van der Waals surface area contributed by atoms with Gasteiger partial charge in [-0.15, -0.1) is 0 Å². The van der Waals surface area contributed by atoms with Gasteiger partial charge < -0.3 is 20.2 Å². The second kappa shape index (κ2) is 14.3. The molecule has 0 atom stereocenters. The van der Waals surface area contributed by atoms with Gasteiger partial charge in [-0.2, -0.15) is 5.90 Å². The molecular weight excluding hydrogens is 286 g/mol. The fraction of sp³-hybridized carbons (Fsp3) is 0.667. The average molecular weight is 307 g/mol. The van der Waals surface area contributed by atoms with E-state index in [0.29, 0.717) is 25.7 Å². The lowest BCUT2D eigenvalue weighted by Gasteiger charge is -1.95. The van der Waals surface area contributed by atoms with Crippen LogP contribution in [0.2, 0.25) is 0 Å². The molecule has 0 amide bonds. The van der Waals surface area contributed by atoms with Crippen LogP contribution in [0.5, 0.6) is 0 Å². The summed E-state index contributed by atoms with van der Waals surface area (Å²) in [5.74, 6) is 1.45. The van der Waals surface area contributed by atoms with Crippen molar-refractivity contribution in [1.82, 2.24) is 0 Å². The first-order valence-corrected chi connectivity index (χ1v) is 6.34. The number of unbranched alkanes of at least 4 members (excludes halogenated alkanes) is 2. The molecular formula is C12H21NO8. The Bertz CT molecular complexity index is 326. The zero-order valence-electron chi connectivity index (χ0n) is 11.6. The molecule has 0 aliphatic carbocycles. The van der Waals surface area contributed by atoms with Crippen molar-refractivity contribution in [2.24, 2.45) is 5.90 Å². The molecule has 0 aliphatic rings. The van der Waals surface area contributed by atoms with Crippen LogP contribution in [0.15, 0.2) is 0 Å². The van der Waals surface area contributed by atoms with Gasteiger partial charge in [-0.1, -0.05) is 0 Å². The molecule has 0 saturated carbocycles. The maximum absolute atomic E-state index is 10.4. The normalized spacial score (nSPS) is 9.19. The third-order valence-electron chi connectivity index (χ3n) is 2.18. The highest BCUT2D eigenvalue weighted by Gasteiger charge is 2.01. The molecule has 0 saturated heterocycles. The molecule has 21 heavy (non-hydrogen) atoms. The van der Waals surface area contributed by atoms with Crippen LogP contribution in [0.4, 0.5) is 0 Å². The van der Waals surface area contributed by atoms with Gasteiger partial charge >= 0.3 is 23.9 Å². The third kappa shape index (κ3) is 23.4. The van der Waals surface area contributed by atoms with Crippen LogP contribution >= 0.6 is 0 Å². The van der Waals surface area contributed by atoms with Gasteiger partial charge in [0.1, 0.15) is 0 Å². The molecule has 5 N–H and O–H groups in total. The first-order valence-electron chi connectivity index (χ1n) is 6.34. The van der Waals surface area contributed by atoms with E-state index in [-0.39, 0.29) is 25.7 Å². The number of rotatable bonds is 10. The van der Waals surface area contributed by atoms with Crippen molar-refractivity contribution in [2.45, 2.75) is 51.4 Å². The Morgan fingerprint density at radius 1 is 0.667 bits per heavy atom. The molecule has 0 radical (unpaired) electrons. The van der Waals surface area contributed by atoms with Crippen LogP contribution < -0.4 is 5.90 Å². The van der Waals surface area contributed by atoms with Gasteiger partial charge in [0.25, 0.3) is 0 Å². The maximum Gasteiger partial charge on any atom is 0.324 e. The predicted octanol–water partition coefficient (Wildman–Crippen LogP) is 0.764. The average Bonchev–Trinajstić information content (AvgIpc) is 2.39. The number of hydrogen-bond donors (Lipinski definition) is 4. The van der Waals surface area contributed by atoms with E-state index in [4.69, 9.17) is 15.3 Å². The highest BCUT2D eigenvalue weighted by Crippen LogP contribution is 2.00. The van der Waals surface area contributed by atoms with Gasteiger partial charge in [-0.25, -0.2) is 0 Å². The number of nitrogens with two attached hydrogens (primary N) is 1. The molecule has 9 heteroatoms. The molecule has 0 heterocycles. The number of aliphatic carboxylic acids is 3. The van der Waals surface area contributed by atoms with E-state index in [1.165, 1.54) is 0 Å². The van der Waals surface area contributed by atoms with Crippen molar-refractivity contribution in [2.75, 3.05) is 0 Å². The molecule has 122 valence electrons. The van der Waals surface area contributed by atoms with Crippen LogP contribution in [0.3, 0.4) is 0 Å². The van der Waals surface area contributed by atoms with Crippen LogP contribution in [-0.2, 0) is 24.0 Å². The summed E-state index contributed by atoms with van der Waals surface area (Å²) in [6, 6.07) is 0. The second-order valence-corrected chi connectivity index (χ2v) is 4.09. The Kier molecular flexibility index (Phi) is 14.4. The molecule has 0 aromatic carbocycles. The topological polar surface area (TPSA) is 164 Å². The summed E-state index contributed by atoms with van der Waals surface area (Å²) >= 11 is 0. The second-order valence-electron chi connectivity index (χ2n) is 4.09. The molecule has 9 nitrogen and oxygen atoms in total. The summed E-state index contributed by atoms with van der Waals surface area (Å²) in [7, 11) is 0. The van der Waals surface area contributed by atoms with Gasteiger partial charge in [0.2, 0.25) is 0 Å². The maximum atomic E-state index is 10.4. The smallest absolute Gasteiger partial charge is 0.324 e. The van der Waals surface area contributed by atoms with Gasteiger partial charge in [0.05, 0.1) is 0 Å². The van der Waals surface area contributed by atoms with E-state index >= 15 is 0 Å². The third-order valence-corrected chi connectivity index (χ3v) is 2.18. The zero-order valence-corrected chi connectivity index (χ0v) is 11.6. The number of carbonyl (C=O) groups is 4. The van der Waals surface area contributed by atoms with Crippen LogP contribution in [0, 0.1) is 0 Å². The Morgan fingerprint density at radius 2 is 0.952 bits per heavy atom. The van der Waals surface area contributed by atoms with Crippen molar-refractivity contribution < 1.29 is 39.3 Å². The fourth-order valence-corrected chi connectivity index (χ4v) is 1.16. The van der Waals surface area contributed by atoms with Crippen LogP contribution in [-0.4, -0.2) is 39.2 Å². The van der Waals surface area contributed by atoms with Gasteiger partial charge in [-0.3, -0.25) is 19.2 Å². The lowest BCUT2D eigenvalue weighted by atomic mass is 10.2. The predicted molar refractivity (Wildman–Crippen MR) is 70.1 cm³/mol. The van der Waals surface area contributed by atoms with Gasteiger partial charge in [-0.05, 0) is 25.7 Å². The minimum Gasteiger partial charge on any atom is -0.481 e. The molecule has 0 fully saturated rings. The lowest BCUT2D eigenvalue weighted by Crippen LogP contribution is -2.09. The Hall–Kier alpha value is -2.16. The summed E-state index contributed by atoms with van der Waals surface area (Å²) in [5.41, 5.74) is 0. The van der Waals surface area contributed by atoms with E-state index in [9.17, 15) is 19.2 Å². The molecule has 0 unspecified atom stereocenters. The van der Waals surface area contributed by atoms with Crippen molar-refractivity contribution >= 4 is 23.9 Å². The Labute approximate surface area is 121 Å². The van der Waals surface area contributed by atoms with Gasteiger partial charge in [0.15, 0.2) is 0 Å². The summed E-state index contributed by atoms with van der Waals surface area (Å²) in [5, 5.41) is 24.5. The molecule has 0 bridgehead atoms. The van der Waals surface area contributed by atoms with Crippen molar-refractivity contribution in [3.05, 3.63) is 0 Å². The fourth-order valence-electron chi connectivity index (χ4n) is 1.16. The molecule has 0 aromatic rings. The number of carboxylic acid groups (broad SMARTS) is 3. The number of carboxylic acids is 3. The van der Waals surface area contributed by atoms with Gasteiger partial charge in [0, 0.05) is 25.7 Å². The molecule has 0 aliphatic heterocycles. The summed E-state index contributed by atoms with van der Waals surface area (Å²) in [6.45, 7) is 0. The number of hydrogen-bond acceptors (Lipinski definition) is 6. The quantitative estimate of drug-likeness (QED) is 0.337. The summed E-state index contributed by atoms with van der Waals surface area (Å²) < 4.78 is 0. The Balaban J connectivity index is 0. The standard InChI is InChI=1S/C6H11NO4.C6H10O4/c7-11-6(10)4-2-1-3-5(8)9;7-5(8)3-1-2-4-6(9)10/h1-4,7H2,(H,8,9);1-4H2,(H,7,8)(H,9,10). The summed E-state index contributed by atoms with van der Waals surface area (Å²) in [6.07, 6.45) is 2.26. The Morgan fingerprint density at radius 3 is 1.19 bits per heavy atom. The van der Waals surface area contributed by atoms with E-state index in [1.807, 2.05) is 0 Å². The lowest BCUT2D eigenvalue weighted by molar-refractivity contribution is -0.145. The van der Waals surface area contributed by atoms with E-state index < -0.39 is 23.9 Å². The minimum atomic E-state index is -0.870. The first kappa shape index (κ1) is 21.1. The minimum absolute atomic E-state index is 0.0628. The molecule has 0 rings (SSSR count). The van der Waals surface area contributed by atoms with Crippen molar-refractivity contribution in [1.29, 1.82) is 0 Å². The first-order chi connectivity index (χ1) is 9.79. The summed E-state index contributed by atoms with van der Waals surface area (Å²) in [4.78, 5) is 44.0. The van der Waals surface area contributed by atoms with Crippen molar-refractivity contribution in [3.63, 3.8) is 0 Å². The SMILES string of the molecule is NOC(=O)CCCCC(=O)O.O=C(O)CCCCC(=O)O. The van der Waals surface area contributed by atoms with Crippen LogP contribution in [0.1, 0.15) is 51.4 Å². The molecule has 0 spiro atoms. The van der Waals surface area contributed by atoms with E-state index in [0.717, 1.165) is 0 Å². The largest absolute Gasteiger partial charge is 0.481 e. The monoisotopic (exact) mass is 307 g/mol. The zero-order chi connectivity index (χ0) is 16.7. The highest BCUT2D eigenvalue weighted by atomic mass is 16.7. The number of carbonyl (C=O) groups excluding carboxylic acids is 1. The van der Waals surface area contributed by atoms with Crippen LogP contribution in [0.25, 0.3) is 0 Å². The van der Waals surface area contributed by atoms with E-state index in [1.54, 1.807) is 0 Å². The highest BCUT2D eigenvalue weighted by molar-refractivity contribution is 5.69. The van der Waals surface area contributed by atoms with Crippen molar-refractivity contribution in [3.8, 4) is 0 Å².